The van der Waals surface area contributed by atoms with E-state index >= 15 is 0 Å². The van der Waals surface area contributed by atoms with Gasteiger partial charge >= 0.3 is 0 Å². The number of halogens is 1. The molecular weight excluding hydrogens is 240 g/mol. The van der Waals surface area contributed by atoms with Crippen LogP contribution in [-0.4, -0.2) is 20.7 Å². The molecule has 2 aromatic rings. The molecule has 88 valence electrons. The van der Waals surface area contributed by atoms with Gasteiger partial charge in [-0.2, -0.15) is 5.10 Å². The van der Waals surface area contributed by atoms with Crippen molar-refractivity contribution in [2.24, 2.45) is 7.05 Å². The highest BCUT2D eigenvalue weighted by atomic mass is 35.5. The molecule has 0 saturated carbocycles. The molecule has 0 aromatic carbocycles. The summed E-state index contributed by atoms with van der Waals surface area (Å²) < 4.78 is 1.63. The summed E-state index contributed by atoms with van der Waals surface area (Å²) in [5.41, 5.74) is 1.76. The van der Waals surface area contributed by atoms with Gasteiger partial charge in [0.05, 0.1) is 22.0 Å². The number of hydrogen-bond acceptors (Lipinski definition) is 3. The molecule has 1 amide bonds. The van der Waals surface area contributed by atoms with E-state index < -0.39 is 0 Å². The van der Waals surface area contributed by atoms with E-state index in [1.165, 1.54) is 12.4 Å². The lowest BCUT2D eigenvalue weighted by Crippen LogP contribution is -2.13. The summed E-state index contributed by atoms with van der Waals surface area (Å²) in [4.78, 5) is 15.8. The van der Waals surface area contributed by atoms with E-state index in [-0.39, 0.29) is 5.91 Å². The van der Waals surface area contributed by atoms with Gasteiger partial charge in [-0.1, -0.05) is 11.6 Å². The summed E-state index contributed by atoms with van der Waals surface area (Å²) >= 11 is 5.91. The van der Waals surface area contributed by atoms with E-state index in [0.717, 1.165) is 5.69 Å². The molecule has 0 radical (unpaired) electrons. The Morgan fingerprint density at radius 2 is 2.29 bits per heavy atom. The first-order valence-corrected chi connectivity index (χ1v) is 5.37. The highest BCUT2D eigenvalue weighted by Gasteiger charge is 2.12. The quantitative estimate of drug-likeness (QED) is 0.887. The topological polar surface area (TPSA) is 59.8 Å². The molecule has 2 aromatic heterocycles. The molecule has 6 heteroatoms. The molecule has 0 atom stereocenters. The predicted octanol–water partition coefficient (Wildman–Crippen LogP) is 2.03. The number of aromatic nitrogens is 3. The Morgan fingerprint density at radius 1 is 1.53 bits per heavy atom. The first kappa shape index (κ1) is 11.6. The third-order valence-electron chi connectivity index (χ3n) is 2.27. The lowest BCUT2D eigenvalue weighted by Gasteiger charge is -2.04. The van der Waals surface area contributed by atoms with E-state index in [1.807, 2.05) is 6.92 Å². The van der Waals surface area contributed by atoms with E-state index in [4.69, 9.17) is 11.6 Å². The van der Waals surface area contributed by atoms with Gasteiger partial charge in [0.2, 0.25) is 0 Å². The highest BCUT2D eigenvalue weighted by Crippen LogP contribution is 2.17. The lowest BCUT2D eigenvalue weighted by molar-refractivity contribution is 0.102. The molecule has 1 N–H and O–H groups in total. The average Bonchev–Trinajstić information content (AvgIpc) is 2.58. The van der Waals surface area contributed by atoms with Crippen LogP contribution in [0.5, 0.6) is 0 Å². The van der Waals surface area contributed by atoms with Crippen LogP contribution >= 0.6 is 11.6 Å². The minimum absolute atomic E-state index is 0.292. The smallest absolute Gasteiger partial charge is 0.258 e. The van der Waals surface area contributed by atoms with E-state index in [0.29, 0.717) is 16.3 Å². The van der Waals surface area contributed by atoms with Crippen LogP contribution in [0.2, 0.25) is 5.02 Å². The van der Waals surface area contributed by atoms with Gasteiger partial charge in [0.1, 0.15) is 0 Å². The van der Waals surface area contributed by atoms with Crippen molar-refractivity contribution >= 4 is 23.2 Å². The number of carbonyl (C=O) groups excluding carboxylic acids is 1. The van der Waals surface area contributed by atoms with Crippen LogP contribution in [0.1, 0.15) is 16.1 Å². The molecule has 0 unspecified atom stereocenters. The molecular formula is C11H11ClN4O. The molecule has 0 spiro atoms. The first-order valence-electron chi connectivity index (χ1n) is 4.99. The van der Waals surface area contributed by atoms with Gasteiger partial charge < -0.3 is 5.32 Å². The zero-order valence-electron chi connectivity index (χ0n) is 9.44. The van der Waals surface area contributed by atoms with Gasteiger partial charge in [-0.05, 0) is 13.0 Å². The number of carbonyl (C=O) groups is 1. The maximum Gasteiger partial charge on any atom is 0.258 e. The number of anilines is 1. The van der Waals surface area contributed by atoms with Crippen molar-refractivity contribution in [3.8, 4) is 0 Å². The lowest BCUT2D eigenvalue weighted by atomic mass is 10.2. The van der Waals surface area contributed by atoms with Gasteiger partial charge in [0.25, 0.3) is 5.91 Å². The number of amides is 1. The number of pyridine rings is 1. The minimum Gasteiger partial charge on any atom is -0.319 e. The summed E-state index contributed by atoms with van der Waals surface area (Å²) in [7, 11) is 1.79. The molecule has 0 aliphatic heterocycles. The molecule has 17 heavy (non-hydrogen) atoms. The molecule has 0 aliphatic rings. The third-order valence-corrected chi connectivity index (χ3v) is 2.60. The zero-order chi connectivity index (χ0) is 12.4. The molecule has 2 rings (SSSR count). The number of rotatable bonds is 2. The summed E-state index contributed by atoms with van der Waals surface area (Å²) in [6.45, 7) is 1.82. The van der Waals surface area contributed by atoms with Crippen molar-refractivity contribution < 1.29 is 4.79 Å². The standard InChI is InChI=1S/C11H11ClN4O/c1-7-10(6-16(2)15-7)14-11(17)8-5-13-4-3-9(8)12/h3-6H,1-2H3,(H,14,17). The molecule has 2 heterocycles. The van der Waals surface area contributed by atoms with Crippen LogP contribution in [0.3, 0.4) is 0 Å². The number of nitrogens with zero attached hydrogens (tertiary/aromatic N) is 3. The Bertz CT molecular complexity index is 564. The molecule has 0 bridgehead atoms. The second-order valence-electron chi connectivity index (χ2n) is 3.61. The molecule has 0 aliphatic carbocycles. The van der Waals surface area contributed by atoms with Crippen molar-refractivity contribution in [2.75, 3.05) is 5.32 Å². The highest BCUT2D eigenvalue weighted by molar-refractivity contribution is 6.34. The Kier molecular flexibility index (Phi) is 3.10. The van der Waals surface area contributed by atoms with Crippen LogP contribution in [0.4, 0.5) is 5.69 Å². The van der Waals surface area contributed by atoms with Crippen LogP contribution in [0.15, 0.2) is 24.7 Å². The Morgan fingerprint density at radius 3 is 2.88 bits per heavy atom. The van der Waals surface area contributed by atoms with Gasteiger partial charge in [-0.3, -0.25) is 14.5 Å². The largest absolute Gasteiger partial charge is 0.319 e. The van der Waals surface area contributed by atoms with E-state index in [9.17, 15) is 4.79 Å². The Hall–Kier alpha value is -1.88. The molecule has 5 nitrogen and oxygen atoms in total. The summed E-state index contributed by atoms with van der Waals surface area (Å²) in [6.07, 6.45) is 4.70. The second kappa shape index (κ2) is 4.55. The molecule has 0 saturated heterocycles. The fraction of sp³-hybridized carbons (Fsp3) is 0.182. The van der Waals surface area contributed by atoms with Crippen molar-refractivity contribution in [3.63, 3.8) is 0 Å². The van der Waals surface area contributed by atoms with E-state index in [1.54, 1.807) is 24.0 Å². The van der Waals surface area contributed by atoms with Crippen LogP contribution in [0, 0.1) is 6.92 Å². The SMILES string of the molecule is Cc1nn(C)cc1NC(=O)c1cnccc1Cl. The van der Waals surface area contributed by atoms with Gasteiger partial charge in [0.15, 0.2) is 0 Å². The summed E-state index contributed by atoms with van der Waals surface area (Å²) in [5, 5.41) is 7.25. The fourth-order valence-electron chi connectivity index (χ4n) is 1.46. The maximum atomic E-state index is 11.9. The van der Waals surface area contributed by atoms with Gasteiger partial charge in [0, 0.05) is 25.6 Å². The molecule has 0 fully saturated rings. The summed E-state index contributed by atoms with van der Waals surface area (Å²) in [5.74, 6) is -0.292. The average molecular weight is 251 g/mol. The summed E-state index contributed by atoms with van der Waals surface area (Å²) in [6, 6.07) is 1.58. The monoisotopic (exact) mass is 250 g/mol. The maximum absolute atomic E-state index is 11.9. The second-order valence-corrected chi connectivity index (χ2v) is 4.02. The van der Waals surface area contributed by atoms with Crippen molar-refractivity contribution in [3.05, 3.63) is 40.9 Å². The van der Waals surface area contributed by atoms with Crippen molar-refractivity contribution in [1.29, 1.82) is 0 Å². The zero-order valence-corrected chi connectivity index (χ0v) is 10.2. The van der Waals surface area contributed by atoms with E-state index in [2.05, 4.69) is 15.4 Å². The first-order chi connectivity index (χ1) is 8.08. The van der Waals surface area contributed by atoms with Crippen molar-refractivity contribution in [2.45, 2.75) is 6.92 Å². The van der Waals surface area contributed by atoms with Crippen LogP contribution in [-0.2, 0) is 7.05 Å². The van der Waals surface area contributed by atoms with Gasteiger partial charge in [-0.15, -0.1) is 0 Å². The van der Waals surface area contributed by atoms with Crippen molar-refractivity contribution in [1.82, 2.24) is 14.8 Å². The predicted molar refractivity (Wildman–Crippen MR) is 65.1 cm³/mol. The minimum atomic E-state index is -0.292. The van der Waals surface area contributed by atoms with Gasteiger partial charge in [-0.25, -0.2) is 0 Å². The fourth-order valence-corrected chi connectivity index (χ4v) is 1.65. The normalized spacial score (nSPS) is 10.3. The third kappa shape index (κ3) is 2.45. The number of hydrogen-bond donors (Lipinski definition) is 1. The Balaban J connectivity index is 2.23. The van der Waals surface area contributed by atoms with Crippen LogP contribution < -0.4 is 5.32 Å². The van der Waals surface area contributed by atoms with Crippen LogP contribution in [0.25, 0.3) is 0 Å². The Labute approximate surface area is 103 Å². The number of nitrogens with one attached hydrogen (secondary N) is 1. The number of aryl methyl sites for hydroxylation is 2.